The lowest BCUT2D eigenvalue weighted by Crippen LogP contribution is -2.44. The number of carbonyl (C=O) groups excluding carboxylic acids is 1. The highest BCUT2D eigenvalue weighted by Crippen LogP contribution is 2.51. The number of nitrogens with one attached hydrogen (secondary N) is 1. The third-order valence-corrected chi connectivity index (χ3v) is 4.14. The summed E-state index contributed by atoms with van der Waals surface area (Å²) in [6.07, 6.45) is -1.23. The second-order valence-corrected chi connectivity index (χ2v) is 7.87. The Balaban J connectivity index is 2.85. The summed E-state index contributed by atoms with van der Waals surface area (Å²) >= 11 is 0. The van der Waals surface area contributed by atoms with Gasteiger partial charge in [0.2, 0.25) is 0 Å². The largest absolute Gasteiger partial charge is 0.481 e. The molecule has 0 saturated heterocycles. The summed E-state index contributed by atoms with van der Waals surface area (Å²) in [6.45, 7) is 10.7. The number of aliphatic carboxylic acids is 1. The third-order valence-electron chi connectivity index (χ3n) is 4.14. The van der Waals surface area contributed by atoms with Gasteiger partial charge in [-0.15, -0.1) is 0 Å². The molecule has 0 spiro atoms. The summed E-state index contributed by atoms with van der Waals surface area (Å²) in [5.41, 5.74) is -2.22. The maximum atomic E-state index is 11.8. The van der Waals surface area contributed by atoms with Crippen molar-refractivity contribution in [3.8, 4) is 0 Å². The van der Waals surface area contributed by atoms with E-state index >= 15 is 0 Å². The lowest BCUT2D eigenvalue weighted by molar-refractivity contribution is -0.156. The number of aliphatic hydroxyl groups excluding tert-OH is 1. The third kappa shape index (κ3) is 3.87. The van der Waals surface area contributed by atoms with Gasteiger partial charge in [-0.25, -0.2) is 4.79 Å². The van der Waals surface area contributed by atoms with Gasteiger partial charge in [-0.3, -0.25) is 4.79 Å². The predicted molar refractivity (Wildman–Crippen MR) is 77.9 cm³/mol. The number of carboxylic acid groups (broad SMARTS) is 1. The summed E-state index contributed by atoms with van der Waals surface area (Å²) in [5, 5.41) is 22.3. The van der Waals surface area contributed by atoms with E-state index in [0.29, 0.717) is 0 Å². The number of ether oxygens (including phenoxy) is 1. The Morgan fingerprint density at radius 1 is 1.14 bits per heavy atom. The van der Waals surface area contributed by atoms with Crippen molar-refractivity contribution in [2.75, 3.05) is 0 Å². The highest BCUT2D eigenvalue weighted by molar-refractivity contribution is 5.77. The van der Waals surface area contributed by atoms with Crippen molar-refractivity contribution in [2.24, 2.45) is 10.8 Å². The molecule has 0 aromatic rings. The molecule has 1 rings (SSSR count). The predicted octanol–water partition coefficient (Wildman–Crippen LogP) is 2.15. The first-order valence-electron chi connectivity index (χ1n) is 7.19. The number of amides is 1. The number of carboxylic acids is 1. The molecule has 0 aromatic carbocycles. The zero-order valence-corrected chi connectivity index (χ0v) is 13.7. The Morgan fingerprint density at radius 2 is 1.67 bits per heavy atom. The Hall–Kier alpha value is -1.30. The van der Waals surface area contributed by atoms with Crippen molar-refractivity contribution in [1.29, 1.82) is 0 Å². The first-order chi connectivity index (χ1) is 9.28. The van der Waals surface area contributed by atoms with Crippen LogP contribution in [0.25, 0.3) is 0 Å². The number of carbonyl (C=O) groups is 2. The van der Waals surface area contributed by atoms with E-state index in [-0.39, 0.29) is 12.8 Å². The SMILES string of the molecule is CC(C)(C)OC(=O)N[C@@H]1C[C@@](C(=O)O)(C(C)(C)C)C[C@@H]1O. The van der Waals surface area contributed by atoms with Gasteiger partial charge in [0.15, 0.2) is 0 Å². The molecule has 3 N–H and O–H groups in total. The number of rotatable bonds is 2. The van der Waals surface area contributed by atoms with Gasteiger partial charge in [0.25, 0.3) is 0 Å². The molecule has 0 heterocycles. The van der Waals surface area contributed by atoms with E-state index in [1.807, 2.05) is 20.8 Å². The Labute approximate surface area is 125 Å². The molecule has 122 valence electrons. The standard InChI is InChI=1S/C15H27NO5/c1-13(2,3)15(11(18)19)7-9(10(17)8-15)16-12(20)21-14(4,5)6/h9-10,17H,7-8H2,1-6H3,(H,16,20)(H,18,19)/t9-,10+,15-/m1/s1. The van der Waals surface area contributed by atoms with Crippen molar-refractivity contribution in [3.05, 3.63) is 0 Å². The van der Waals surface area contributed by atoms with Crippen molar-refractivity contribution in [1.82, 2.24) is 5.32 Å². The van der Waals surface area contributed by atoms with Crippen LogP contribution in [0.5, 0.6) is 0 Å². The molecule has 6 heteroatoms. The quantitative estimate of drug-likeness (QED) is 0.726. The van der Waals surface area contributed by atoms with Gasteiger partial charge in [-0.1, -0.05) is 20.8 Å². The van der Waals surface area contributed by atoms with Crippen molar-refractivity contribution < 1.29 is 24.5 Å². The molecule has 1 aliphatic rings. The van der Waals surface area contributed by atoms with Gasteiger partial charge in [0.05, 0.1) is 17.6 Å². The summed E-state index contributed by atoms with van der Waals surface area (Å²) < 4.78 is 5.15. The Morgan fingerprint density at radius 3 is 2.00 bits per heavy atom. The van der Waals surface area contributed by atoms with Crippen LogP contribution in [0.4, 0.5) is 4.79 Å². The molecule has 0 aromatic heterocycles. The average molecular weight is 301 g/mol. The van der Waals surface area contributed by atoms with Crippen LogP contribution in [0.15, 0.2) is 0 Å². The molecule has 1 fully saturated rings. The minimum Gasteiger partial charge on any atom is -0.481 e. The van der Waals surface area contributed by atoms with Crippen LogP contribution in [0.2, 0.25) is 0 Å². The van der Waals surface area contributed by atoms with Crippen molar-refractivity contribution in [3.63, 3.8) is 0 Å². The van der Waals surface area contributed by atoms with E-state index < -0.39 is 40.6 Å². The second kappa shape index (κ2) is 5.48. The maximum Gasteiger partial charge on any atom is 0.407 e. The molecule has 0 bridgehead atoms. The van der Waals surface area contributed by atoms with Gasteiger partial charge < -0.3 is 20.3 Å². The number of aliphatic hydroxyl groups is 1. The zero-order chi connectivity index (χ0) is 16.6. The number of alkyl carbamates (subject to hydrolysis) is 1. The summed E-state index contributed by atoms with van der Waals surface area (Å²) in [5.74, 6) is -0.942. The lowest BCUT2D eigenvalue weighted by Gasteiger charge is -2.38. The van der Waals surface area contributed by atoms with Crippen LogP contribution in [-0.4, -0.2) is 40.0 Å². The zero-order valence-electron chi connectivity index (χ0n) is 13.7. The maximum absolute atomic E-state index is 11.8. The van der Waals surface area contributed by atoms with Gasteiger partial charge >= 0.3 is 12.1 Å². The lowest BCUT2D eigenvalue weighted by atomic mass is 9.65. The fraction of sp³-hybridized carbons (Fsp3) is 0.867. The molecule has 1 aliphatic carbocycles. The van der Waals surface area contributed by atoms with Gasteiger partial charge in [-0.2, -0.15) is 0 Å². The molecule has 0 unspecified atom stereocenters. The van der Waals surface area contributed by atoms with Crippen LogP contribution in [0.1, 0.15) is 54.4 Å². The highest BCUT2D eigenvalue weighted by Gasteiger charge is 2.57. The number of hydrogen-bond acceptors (Lipinski definition) is 4. The van der Waals surface area contributed by atoms with Gasteiger partial charge in [0.1, 0.15) is 5.60 Å². The Bertz CT molecular complexity index is 421. The summed E-state index contributed by atoms with van der Waals surface area (Å²) in [4.78, 5) is 23.5. The first kappa shape index (κ1) is 17.8. The van der Waals surface area contributed by atoms with E-state index in [2.05, 4.69) is 5.32 Å². The van der Waals surface area contributed by atoms with Gasteiger partial charge in [0, 0.05) is 0 Å². The monoisotopic (exact) mass is 301 g/mol. The van der Waals surface area contributed by atoms with E-state index in [1.54, 1.807) is 20.8 Å². The smallest absolute Gasteiger partial charge is 0.407 e. The summed E-state index contributed by atoms with van der Waals surface area (Å²) in [6, 6.07) is -0.616. The van der Waals surface area contributed by atoms with Crippen LogP contribution in [0, 0.1) is 10.8 Å². The molecule has 0 radical (unpaired) electrons. The van der Waals surface area contributed by atoms with E-state index in [9.17, 15) is 19.8 Å². The van der Waals surface area contributed by atoms with E-state index in [4.69, 9.17) is 4.74 Å². The van der Waals surface area contributed by atoms with Crippen LogP contribution in [-0.2, 0) is 9.53 Å². The first-order valence-corrected chi connectivity index (χ1v) is 7.19. The van der Waals surface area contributed by atoms with Crippen LogP contribution < -0.4 is 5.32 Å². The minimum atomic E-state index is -1.06. The molecule has 1 saturated carbocycles. The Kier molecular flexibility index (Phi) is 4.63. The second-order valence-electron chi connectivity index (χ2n) is 7.87. The molecule has 21 heavy (non-hydrogen) atoms. The topological polar surface area (TPSA) is 95.9 Å². The summed E-state index contributed by atoms with van der Waals surface area (Å²) in [7, 11) is 0. The minimum absolute atomic E-state index is 0.117. The van der Waals surface area contributed by atoms with E-state index in [0.717, 1.165) is 0 Å². The van der Waals surface area contributed by atoms with E-state index in [1.165, 1.54) is 0 Å². The molecule has 3 atom stereocenters. The molecule has 1 amide bonds. The fourth-order valence-electron chi connectivity index (χ4n) is 2.81. The molecular formula is C15H27NO5. The van der Waals surface area contributed by atoms with Gasteiger partial charge in [-0.05, 0) is 39.0 Å². The normalized spacial score (nSPS) is 30.0. The number of hydrogen-bond donors (Lipinski definition) is 3. The fourth-order valence-corrected chi connectivity index (χ4v) is 2.81. The average Bonchev–Trinajstić information content (AvgIpc) is 2.53. The van der Waals surface area contributed by atoms with Crippen molar-refractivity contribution in [2.45, 2.75) is 72.1 Å². The molecule has 0 aliphatic heterocycles. The molecular weight excluding hydrogens is 274 g/mol. The highest BCUT2D eigenvalue weighted by atomic mass is 16.6. The molecule has 6 nitrogen and oxygen atoms in total. The van der Waals surface area contributed by atoms with Crippen LogP contribution >= 0.6 is 0 Å². The van der Waals surface area contributed by atoms with Crippen molar-refractivity contribution >= 4 is 12.1 Å². The van der Waals surface area contributed by atoms with Crippen LogP contribution in [0.3, 0.4) is 0 Å².